The molecule has 0 fully saturated rings. The maximum Gasteiger partial charge on any atom is 0.502 e. The molecule has 8 nitrogen and oxygen atoms in total. The van der Waals surface area contributed by atoms with E-state index in [-0.39, 0.29) is 0 Å². The summed E-state index contributed by atoms with van der Waals surface area (Å²) in [5.74, 6) is -2.04. The molecule has 30 heavy (non-hydrogen) atoms. The highest BCUT2D eigenvalue weighted by Crippen LogP contribution is 2.42. The highest BCUT2D eigenvalue weighted by Gasteiger charge is 2.51. The van der Waals surface area contributed by atoms with Crippen LogP contribution in [0.2, 0.25) is 10.0 Å². The Hall–Kier alpha value is -2.39. The van der Waals surface area contributed by atoms with E-state index in [1.807, 2.05) is 0 Å². The number of anilines is 1. The van der Waals surface area contributed by atoms with Crippen LogP contribution in [0.4, 0.5) is 32.2 Å². The van der Waals surface area contributed by atoms with Crippen LogP contribution in [0.3, 0.4) is 0 Å². The van der Waals surface area contributed by atoms with Crippen LogP contribution in [-0.2, 0) is 16.0 Å². The molecule has 2 rings (SSSR count). The molecule has 0 saturated heterocycles. The van der Waals surface area contributed by atoms with Crippen molar-refractivity contribution in [3.63, 3.8) is 0 Å². The third-order valence-corrected chi connectivity index (χ3v) is 5.67. The van der Waals surface area contributed by atoms with Crippen molar-refractivity contribution in [3.8, 4) is 5.69 Å². The predicted octanol–water partition coefficient (Wildman–Crippen LogP) is 3.63. The minimum atomic E-state index is -6.13. The van der Waals surface area contributed by atoms with Crippen molar-refractivity contribution < 1.29 is 40.0 Å². The van der Waals surface area contributed by atoms with Crippen LogP contribution in [0, 0.1) is 0 Å². The van der Waals surface area contributed by atoms with E-state index in [0.717, 1.165) is 7.05 Å². The van der Waals surface area contributed by atoms with Crippen molar-refractivity contribution >= 4 is 44.7 Å². The summed E-state index contributed by atoms with van der Waals surface area (Å²) >= 11 is 11.7. The van der Waals surface area contributed by atoms with Gasteiger partial charge in [-0.25, -0.2) is 13.1 Å². The first kappa shape index (κ1) is 23.9. The molecule has 1 aromatic carbocycles. The summed E-state index contributed by atoms with van der Waals surface area (Å²) in [5, 5.41) is 15.4. The van der Waals surface area contributed by atoms with Gasteiger partial charge in [-0.05, 0) is 12.1 Å². The zero-order valence-corrected chi connectivity index (χ0v) is 16.6. The van der Waals surface area contributed by atoms with Crippen LogP contribution < -0.4 is 11.1 Å². The standard InChI is InChI=1S/C13H9Cl2F6N5O3S/c1-23-11-9(30(28,29)13(19,20)21)7(10(22)25-27)24-26(11)8-5(14)2-4(3-6(8)15)12(16,17)18/h2-3,23,27H,1H3,(H2,22,25). The number of nitrogens with two attached hydrogens (primary N) is 1. The van der Waals surface area contributed by atoms with Crippen molar-refractivity contribution in [2.24, 2.45) is 10.9 Å². The van der Waals surface area contributed by atoms with Crippen LogP contribution in [-0.4, -0.2) is 41.8 Å². The number of halogens is 8. The maximum atomic E-state index is 13.2. The lowest BCUT2D eigenvalue weighted by Crippen LogP contribution is -2.27. The summed E-state index contributed by atoms with van der Waals surface area (Å²) in [7, 11) is -5.14. The van der Waals surface area contributed by atoms with E-state index in [1.54, 1.807) is 0 Å². The Bertz CT molecular complexity index is 1100. The molecule has 0 saturated carbocycles. The van der Waals surface area contributed by atoms with Gasteiger partial charge in [-0.2, -0.15) is 31.4 Å². The van der Waals surface area contributed by atoms with E-state index < -0.39 is 65.1 Å². The summed E-state index contributed by atoms with van der Waals surface area (Å²) < 4.78 is 103. The third kappa shape index (κ3) is 3.96. The fourth-order valence-electron chi connectivity index (χ4n) is 2.30. The SMILES string of the molecule is CNc1c(S(=O)(=O)C(F)(F)F)c(C(N)=NO)nn1-c1c(Cl)cc(C(F)(F)F)cc1Cl. The Morgan fingerprint density at radius 1 is 1.20 bits per heavy atom. The van der Waals surface area contributed by atoms with Crippen molar-refractivity contribution in [1.82, 2.24) is 9.78 Å². The number of nitrogens with one attached hydrogen (secondary N) is 1. The number of hydrogen-bond acceptors (Lipinski definition) is 6. The number of nitrogens with zero attached hydrogens (tertiary/aromatic N) is 3. The Morgan fingerprint density at radius 3 is 2.07 bits per heavy atom. The first-order valence-corrected chi connectivity index (χ1v) is 9.48. The quantitative estimate of drug-likeness (QED) is 0.194. The molecule has 0 aliphatic rings. The number of aromatic nitrogens is 2. The molecule has 0 aliphatic carbocycles. The van der Waals surface area contributed by atoms with E-state index >= 15 is 0 Å². The lowest BCUT2D eigenvalue weighted by atomic mass is 10.2. The van der Waals surface area contributed by atoms with Crippen molar-refractivity contribution in [2.75, 3.05) is 12.4 Å². The Morgan fingerprint density at radius 2 is 1.70 bits per heavy atom. The van der Waals surface area contributed by atoms with Gasteiger partial charge in [0.05, 0.1) is 15.6 Å². The van der Waals surface area contributed by atoms with E-state index in [0.29, 0.717) is 16.8 Å². The molecule has 0 amide bonds. The summed E-state index contributed by atoms with van der Waals surface area (Å²) in [6, 6.07) is 0.815. The fraction of sp³-hybridized carbons (Fsp3) is 0.231. The molecule has 17 heteroatoms. The van der Waals surface area contributed by atoms with Gasteiger partial charge in [0, 0.05) is 7.05 Å². The van der Waals surface area contributed by atoms with Gasteiger partial charge in [0.1, 0.15) is 16.4 Å². The molecule has 0 bridgehead atoms. The van der Waals surface area contributed by atoms with Crippen LogP contribution in [0.25, 0.3) is 5.69 Å². The van der Waals surface area contributed by atoms with Gasteiger partial charge in [-0.15, -0.1) is 0 Å². The van der Waals surface area contributed by atoms with Gasteiger partial charge >= 0.3 is 11.7 Å². The fourth-order valence-corrected chi connectivity index (χ4v) is 4.02. The molecule has 0 spiro atoms. The Kier molecular flexibility index (Phi) is 6.13. The van der Waals surface area contributed by atoms with Crippen LogP contribution in [0.5, 0.6) is 0 Å². The number of benzene rings is 1. The molecule has 1 aromatic heterocycles. The number of alkyl halides is 6. The lowest BCUT2D eigenvalue weighted by molar-refractivity contribution is -0.137. The van der Waals surface area contributed by atoms with Gasteiger partial charge < -0.3 is 16.3 Å². The van der Waals surface area contributed by atoms with E-state index in [9.17, 15) is 34.8 Å². The molecule has 1 heterocycles. The minimum absolute atomic E-state index is 0.400. The number of amidine groups is 1. The number of sulfone groups is 1. The lowest BCUT2D eigenvalue weighted by Gasteiger charge is -2.15. The second-order valence-corrected chi connectivity index (χ2v) is 8.10. The Balaban J connectivity index is 2.98. The van der Waals surface area contributed by atoms with Crippen LogP contribution in [0.1, 0.15) is 11.3 Å². The van der Waals surface area contributed by atoms with E-state index in [4.69, 9.17) is 34.1 Å². The molecule has 0 atom stereocenters. The molecule has 0 unspecified atom stereocenters. The zero-order valence-electron chi connectivity index (χ0n) is 14.3. The molecular weight excluding hydrogens is 491 g/mol. The minimum Gasteiger partial charge on any atom is -0.409 e. The number of rotatable bonds is 4. The first-order valence-electron chi connectivity index (χ1n) is 7.24. The van der Waals surface area contributed by atoms with E-state index in [1.165, 1.54) is 0 Å². The Labute approximate surface area is 173 Å². The van der Waals surface area contributed by atoms with Gasteiger partial charge in [-0.1, -0.05) is 28.4 Å². The third-order valence-electron chi connectivity index (χ3n) is 3.56. The molecule has 4 N–H and O–H groups in total. The highest BCUT2D eigenvalue weighted by atomic mass is 35.5. The van der Waals surface area contributed by atoms with Crippen molar-refractivity contribution in [2.45, 2.75) is 16.6 Å². The molecule has 0 aliphatic heterocycles. The average molecular weight is 500 g/mol. The summed E-state index contributed by atoms with van der Waals surface area (Å²) in [4.78, 5) is -1.56. The smallest absolute Gasteiger partial charge is 0.409 e. The number of hydrogen-bond donors (Lipinski definition) is 3. The largest absolute Gasteiger partial charge is 0.502 e. The van der Waals surface area contributed by atoms with Gasteiger partial charge in [0.25, 0.3) is 9.84 Å². The van der Waals surface area contributed by atoms with E-state index in [2.05, 4.69) is 15.6 Å². The normalized spacial score (nSPS) is 13.6. The van der Waals surface area contributed by atoms with Crippen molar-refractivity contribution in [1.29, 1.82) is 0 Å². The van der Waals surface area contributed by atoms with Gasteiger partial charge in [-0.3, -0.25) is 0 Å². The summed E-state index contributed by atoms with van der Waals surface area (Å²) in [6.07, 6.45) is -4.86. The van der Waals surface area contributed by atoms with Crippen molar-refractivity contribution in [3.05, 3.63) is 33.4 Å². The monoisotopic (exact) mass is 499 g/mol. The maximum absolute atomic E-state index is 13.2. The first-order chi connectivity index (χ1) is 13.6. The second-order valence-electron chi connectivity index (χ2n) is 5.41. The summed E-state index contributed by atoms with van der Waals surface area (Å²) in [5.41, 5.74) is -3.59. The van der Waals surface area contributed by atoms with Gasteiger partial charge in [0.2, 0.25) is 0 Å². The average Bonchev–Trinajstić information content (AvgIpc) is 2.98. The molecule has 166 valence electrons. The number of oxime groups is 1. The zero-order chi connectivity index (χ0) is 23.2. The van der Waals surface area contributed by atoms with Gasteiger partial charge in [0.15, 0.2) is 11.5 Å². The predicted molar refractivity (Wildman–Crippen MR) is 93.9 cm³/mol. The second kappa shape index (κ2) is 7.70. The molecule has 2 aromatic rings. The topological polar surface area (TPSA) is 123 Å². The van der Waals surface area contributed by atoms with Crippen LogP contribution >= 0.6 is 23.2 Å². The summed E-state index contributed by atoms with van der Waals surface area (Å²) in [6.45, 7) is 0. The molecule has 0 radical (unpaired) electrons. The molecular formula is C13H9Cl2F6N5O3S. The van der Waals surface area contributed by atoms with Crippen LogP contribution in [0.15, 0.2) is 22.2 Å². The highest BCUT2D eigenvalue weighted by molar-refractivity contribution is 7.92.